The summed E-state index contributed by atoms with van der Waals surface area (Å²) < 4.78 is 43.8. The number of nitrogens with one attached hydrogen (secondary N) is 1. The number of nitrogens with zero attached hydrogens (tertiary/aromatic N) is 2. The Labute approximate surface area is 134 Å². The minimum absolute atomic E-state index is 0.00975. The van der Waals surface area contributed by atoms with Crippen molar-refractivity contribution in [2.24, 2.45) is 0 Å². The molecule has 1 aromatic heterocycles. The Morgan fingerprint density at radius 2 is 2.04 bits per heavy atom. The highest BCUT2D eigenvalue weighted by atomic mass is 19.4. The molecule has 1 heterocycles. The van der Waals surface area contributed by atoms with Crippen molar-refractivity contribution in [2.75, 3.05) is 13.2 Å². The van der Waals surface area contributed by atoms with Gasteiger partial charge in [-0.2, -0.15) is 18.3 Å². The first kappa shape index (κ1) is 17.5. The quantitative estimate of drug-likeness (QED) is 0.808. The van der Waals surface area contributed by atoms with Gasteiger partial charge in [-0.1, -0.05) is 6.07 Å². The van der Waals surface area contributed by atoms with Gasteiger partial charge in [-0.05, 0) is 24.3 Å². The molecule has 2 rings (SSSR count). The SMILES string of the molecule is O=C(Cn1ncccc1=O)NCCOc1cccc(C(F)(F)F)c1. The lowest BCUT2D eigenvalue weighted by molar-refractivity contribution is -0.137. The first-order valence-corrected chi connectivity index (χ1v) is 6.95. The van der Waals surface area contributed by atoms with Crippen LogP contribution < -0.4 is 15.6 Å². The minimum atomic E-state index is -4.44. The number of benzene rings is 1. The third-order valence-corrected chi connectivity index (χ3v) is 2.93. The molecule has 0 aliphatic rings. The standard InChI is InChI=1S/C15H14F3N3O3/c16-15(17,18)11-3-1-4-12(9-11)24-8-7-19-13(22)10-21-14(23)5-2-6-20-21/h1-6,9H,7-8,10H2,(H,19,22). The number of amides is 1. The highest BCUT2D eigenvalue weighted by molar-refractivity contribution is 5.75. The van der Waals surface area contributed by atoms with E-state index in [1.165, 1.54) is 30.5 Å². The van der Waals surface area contributed by atoms with Gasteiger partial charge in [-0.15, -0.1) is 0 Å². The van der Waals surface area contributed by atoms with E-state index in [2.05, 4.69) is 10.4 Å². The molecule has 1 aromatic carbocycles. The van der Waals surface area contributed by atoms with E-state index in [1.807, 2.05) is 0 Å². The molecule has 0 bridgehead atoms. The van der Waals surface area contributed by atoms with Crippen LogP contribution in [0.1, 0.15) is 5.56 Å². The lowest BCUT2D eigenvalue weighted by Crippen LogP contribution is -2.35. The van der Waals surface area contributed by atoms with Crippen molar-refractivity contribution in [3.63, 3.8) is 0 Å². The van der Waals surface area contributed by atoms with Crippen LogP contribution in [-0.4, -0.2) is 28.8 Å². The fraction of sp³-hybridized carbons (Fsp3) is 0.267. The number of hydrogen-bond acceptors (Lipinski definition) is 4. The average Bonchev–Trinajstić information content (AvgIpc) is 2.53. The molecule has 9 heteroatoms. The highest BCUT2D eigenvalue weighted by Gasteiger charge is 2.30. The fourth-order valence-electron chi connectivity index (χ4n) is 1.82. The number of hydrogen-bond donors (Lipinski definition) is 1. The number of aromatic nitrogens is 2. The molecule has 0 aliphatic carbocycles. The van der Waals surface area contributed by atoms with Gasteiger partial charge in [0.05, 0.1) is 12.1 Å². The zero-order chi connectivity index (χ0) is 17.6. The maximum atomic E-state index is 12.6. The van der Waals surface area contributed by atoms with Crippen molar-refractivity contribution in [3.05, 3.63) is 58.5 Å². The first-order valence-electron chi connectivity index (χ1n) is 6.95. The molecule has 0 radical (unpaired) electrons. The van der Waals surface area contributed by atoms with Crippen LogP contribution in [0.4, 0.5) is 13.2 Å². The second-order valence-electron chi connectivity index (χ2n) is 4.74. The summed E-state index contributed by atoms with van der Waals surface area (Å²) in [7, 11) is 0. The van der Waals surface area contributed by atoms with E-state index in [0.717, 1.165) is 16.8 Å². The summed E-state index contributed by atoms with van der Waals surface area (Å²) in [5.74, 6) is -0.400. The number of carbonyl (C=O) groups is 1. The van der Waals surface area contributed by atoms with Gasteiger partial charge in [0.1, 0.15) is 18.9 Å². The van der Waals surface area contributed by atoms with Gasteiger partial charge in [0.15, 0.2) is 0 Å². The predicted octanol–water partition coefficient (Wildman–Crippen LogP) is 1.46. The predicted molar refractivity (Wildman–Crippen MR) is 78.4 cm³/mol. The molecule has 24 heavy (non-hydrogen) atoms. The van der Waals surface area contributed by atoms with Crippen LogP contribution >= 0.6 is 0 Å². The molecule has 0 fully saturated rings. The van der Waals surface area contributed by atoms with Gasteiger partial charge in [0, 0.05) is 12.3 Å². The number of carbonyl (C=O) groups excluding carboxylic acids is 1. The van der Waals surface area contributed by atoms with E-state index in [0.29, 0.717) is 0 Å². The topological polar surface area (TPSA) is 73.2 Å². The molecule has 0 atom stereocenters. The van der Waals surface area contributed by atoms with Crippen molar-refractivity contribution >= 4 is 5.91 Å². The first-order chi connectivity index (χ1) is 11.4. The van der Waals surface area contributed by atoms with Crippen LogP contribution in [0, 0.1) is 0 Å². The van der Waals surface area contributed by atoms with Crippen LogP contribution in [0.3, 0.4) is 0 Å². The molecule has 0 aliphatic heterocycles. The zero-order valence-corrected chi connectivity index (χ0v) is 12.4. The lowest BCUT2D eigenvalue weighted by atomic mass is 10.2. The largest absolute Gasteiger partial charge is 0.492 e. The van der Waals surface area contributed by atoms with Gasteiger partial charge in [0.2, 0.25) is 5.91 Å². The summed E-state index contributed by atoms with van der Waals surface area (Å²) >= 11 is 0. The van der Waals surface area contributed by atoms with Gasteiger partial charge < -0.3 is 10.1 Å². The molecule has 2 aromatic rings. The van der Waals surface area contributed by atoms with Crippen LogP contribution in [0.15, 0.2) is 47.4 Å². The molecule has 1 N–H and O–H groups in total. The van der Waals surface area contributed by atoms with E-state index in [9.17, 15) is 22.8 Å². The maximum Gasteiger partial charge on any atom is 0.416 e. The molecule has 0 unspecified atom stereocenters. The Balaban J connectivity index is 1.78. The van der Waals surface area contributed by atoms with Gasteiger partial charge in [0.25, 0.3) is 5.56 Å². The molecular formula is C15H14F3N3O3. The van der Waals surface area contributed by atoms with Gasteiger partial charge >= 0.3 is 6.18 Å². The number of halogens is 3. The van der Waals surface area contributed by atoms with Crippen molar-refractivity contribution in [3.8, 4) is 5.75 Å². The third kappa shape index (κ3) is 5.11. The van der Waals surface area contributed by atoms with E-state index in [4.69, 9.17) is 4.74 Å². The van der Waals surface area contributed by atoms with E-state index < -0.39 is 23.2 Å². The lowest BCUT2D eigenvalue weighted by Gasteiger charge is -2.11. The Morgan fingerprint density at radius 3 is 2.75 bits per heavy atom. The average molecular weight is 341 g/mol. The highest BCUT2D eigenvalue weighted by Crippen LogP contribution is 2.31. The van der Waals surface area contributed by atoms with E-state index in [1.54, 1.807) is 0 Å². The summed E-state index contributed by atoms with van der Waals surface area (Å²) in [4.78, 5) is 23.0. The summed E-state index contributed by atoms with van der Waals surface area (Å²) in [6.45, 7) is -0.177. The molecule has 128 valence electrons. The molecule has 1 amide bonds. The van der Waals surface area contributed by atoms with Crippen LogP contribution in [0.25, 0.3) is 0 Å². The smallest absolute Gasteiger partial charge is 0.416 e. The summed E-state index contributed by atoms with van der Waals surface area (Å²) in [6, 6.07) is 7.19. The van der Waals surface area contributed by atoms with Crippen LogP contribution in [0.2, 0.25) is 0 Å². The van der Waals surface area contributed by atoms with Gasteiger partial charge in [-0.3, -0.25) is 9.59 Å². The van der Waals surface area contributed by atoms with Gasteiger partial charge in [-0.25, -0.2) is 4.68 Å². The Morgan fingerprint density at radius 1 is 1.25 bits per heavy atom. The summed E-state index contributed by atoms with van der Waals surface area (Å²) in [5.41, 5.74) is -1.22. The summed E-state index contributed by atoms with van der Waals surface area (Å²) in [6.07, 6.45) is -3.06. The van der Waals surface area contributed by atoms with Crippen molar-refractivity contribution in [1.29, 1.82) is 0 Å². The van der Waals surface area contributed by atoms with Crippen molar-refractivity contribution < 1.29 is 22.7 Å². The maximum absolute atomic E-state index is 12.6. The minimum Gasteiger partial charge on any atom is -0.492 e. The molecule has 0 saturated carbocycles. The number of rotatable bonds is 6. The Bertz CT molecular complexity index is 759. The van der Waals surface area contributed by atoms with Crippen LogP contribution in [-0.2, 0) is 17.5 Å². The van der Waals surface area contributed by atoms with Crippen LogP contribution in [0.5, 0.6) is 5.75 Å². The number of alkyl halides is 3. The second-order valence-corrected chi connectivity index (χ2v) is 4.74. The number of ether oxygens (including phenoxy) is 1. The normalized spacial score (nSPS) is 11.1. The van der Waals surface area contributed by atoms with Crippen molar-refractivity contribution in [1.82, 2.24) is 15.1 Å². The molecule has 0 spiro atoms. The molecule has 6 nitrogen and oxygen atoms in total. The van der Waals surface area contributed by atoms with Crippen molar-refractivity contribution in [2.45, 2.75) is 12.7 Å². The molecular weight excluding hydrogens is 327 g/mol. The monoisotopic (exact) mass is 341 g/mol. The Hall–Kier alpha value is -2.84. The molecule has 0 saturated heterocycles. The third-order valence-electron chi connectivity index (χ3n) is 2.93. The zero-order valence-electron chi connectivity index (χ0n) is 12.4. The van der Waals surface area contributed by atoms with E-state index in [-0.39, 0.29) is 25.4 Å². The second kappa shape index (κ2) is 7.62. The fourth-order valence-corrected chi connectivity index (χ4v) is 1.82. The van der Waals surface area contributed by atoms with E-state index >= 15 is 0 Å². The summed E-state index contributed by atoms with van der Waals surface area (Å²) in [5, 5.41) is 6.22. The Kier molecular flexibility index (Phi) is 5.56.